The van der Waals surface area contributed by atoms with E-state index in [2.05, 4.69) is 9.97 Å². The van der Waals surface area contributed by atoms with Crippen LogP contribution in [0.3, 0.4) is 0 Å². The van der Waals surface area contributed by atoms with Crippen LogP contribution in [0.4, 0.5) is 0 Å². The van der Waals surface area contributed by atoms with Gasteiger partial charge < -0.3 is 5.11 Å². The molecule has 1 aliphatic carbocycles. The molecule has 0 unspecified atom stereocenters. The standard InChI is InChI=1S/C14H12N4O2/c19-14(20)11-7-18-12(16-11)2-1-3-13(18)17-6-10(15-8-17)9-4-5-9/h1-3,6-9H,4-5H2,(H,19,20). The van der Waals surface area contributed by atoms with Crippen molar-refractivity contribution in [3.8, 4) is 5.82 Å². The fourth-order valence-electron chi connectivity index (χ4n) is 2.36. The first-order chi connectivity index (χ1) is 9.72. The summed E-state index contributed by atoms with van der Waals surface area (Å²) in [6.45, 7) is 0. The van der Waals surface area contributed by atoms with Crippen LogP contribution in [0.15, 0.2) is 36.9 Å². The van der Waals surface area contributed by atoms with E-state index < -0.39 is 5.97 Å². The van der Waals surface area contributed by atoms with Gasteiger partial charge in [0.25, 0.3) is 0 Å². The average Bonchev–Trinajstić information content (AvgIpc) is 3.02. The monoisotopic (exact) mass is 268 g/mol. The molecule has 0 aliphatic heterocycles. The fourth-order valence-corrected chi connectivity index (χ4v) is 2.36. The Morgan fingerprint density at radius 3 is 2.90 bits per heavy atom. The number of fused-ring (bicyclic) bond motifs is 1. The third kappa shape index (κ3) is 1.69. The number of imidazole rings is 2. The minimum absolute atomic E-state index is 0.0416. The van der Waals surface area contributed by atoms with Crippen molar-refractivity contribution in [3.05, 3.63) is 48.3 Å². The van der Waals surface area contributed by atoms with Gasteiger partial charge in [-0.3, -0.25) is 8.97 Å². The summed E-state index contributed by atoms with van der Waals surface area (Å²) in [6, 6.07) is 5.56. The number of hydrogen-bond donors (Lipinski definition) is 1. The molecule has 1 N–H and O–H groups in total. The van der Waals surface area contributed by atoms with Gasteiger partial charge in [0.2, 0.25) is 0 Å². The zero-order valence-electron chi connectivity index (χ0n) is 10.6. The summed E-state index contributed by atoms with van der Waals surface area (Å²) >= 11 is 0. The number of carbonyl (C=O) groups is 1. The van der Waals surface area contributed by atoms with E-state index in [1.54, 1.807) is 16.8 Å². The number of aromatic carboxylic acids is 1. The number of hydrogen-bond acceptors (Lipinski definition) is 3. The van der Waals surface area contributed by atoms with Gasteiger partial charge in [-0.1, -0.05) is 6.07 Å². The van der Waals surface area contributed by atoms with E-state index >= 15 is 0 Å². The quantitative estimate of drug-likeness (QED) is 0.789. The van der Waals surface area contributed by atoms with Gasteiger partial charge in [0.15, 0.2) is 5.69 Å². The molecule has 0 bridgehead atoms. The molecule has 1 fully saturated rings. The largest absolute Gasteiger partial charge is 0.476 e. The van der Waals surface area contributed by atoms with E-state index in [1.807, 2.05) is 22.9 Å². The lowest BCUT2D eigenvalue weighted by Gasteiger charge is -2.04. The topological polar surface area (TPSA) is 72.4 Å². The molecule has 0 aromatic carbocycles. The van der Waals surface area contributed by atoms with Crippen LogP contribution < -0.4 is 0 Å². The third-order valence-corrected chi connectivity index (χ3v) is 3.55. The first-order valence-corrected chi connectivity index (χ1v) is 6.48. The van der Waals surface area contributed by atoms with Crippen molar-refractivity contribution in [2.45, 2.75) is 18.8 Å². The molecule has 0 saturated heterocycles. The van der Waals surface area contributed by atoms with Gasteiger partial charge in [-0.15, -0.1) is 0 Å². The van der Waals surface area contributed by atoms with Gasteiger partial charge in [-0.25, -0.2) is 14.8 Å². The lowest BCUT2D eigenvalue weighted by molar-refractivity contribution is 0.0691. The Hall–Kier alpha value is -2.63. The molecular formula is C14H12N4O2. The van der Waals surface area contributed by atoms with Crippen LogP contribution in [-0.4, -0.2) is 30.0 Å². The first-order valence-electron chi connectivity index (χ1n) is 6.48. The SMILES string of the molecule is O=C(O)c1cn2c(-n3cnc(C4CC4)c3)cccc2n1. The zero-order chi connectivity index (χ0) is 13.7. The lowest BCUT2D eigenvalue weighted by atomic mass is 10.3. The Morgan fingerprint density at radius 1 is 1.30 bits per heavy atom. The molecular weight excluding hydrogens is 256 g/mol. The molecule has 100 valence electrons. The van der Waals surface area contributed by atoms with Crippen molar-refractivity contribution in [3.63, 3.8) is 0 Å². The zero-order valence-corrected chi connectivity index (χ0v) is 10.6. The van der Waals surface area contributed by atoms with Crippen LogP contribution in [0.25, 0.3) is 11.5 Å². The number of carboxylic acids is 1. The van der Waals surface area contributed by atoms with Crippen LogP contribution >= 0.6 is 0 Å². The van der Waals surface area contributed by atoms with E-state index in [1.165, 1.54) is 19.0 Å². The number of nitrogens with zero attached hydrogens (tertiary/aromatic N) is 4. The molecule has 1 saturated carbocycles. The van der Waals surface area contributed by atoms with Crippen molar-refractivity contribution in [1.29, 1.82) is 0 Å². The highest BCUT2D eigenvalue weighted by Gasteiger charge is 2.26. The van der Waals surface area contributed by atoms with E-state index in [9.17, 15) is 4.79 Å². The van der Waals surface area contributed by atoms with Crippen molar-refractivity contribution in [2.75, 3.05) is 0 Å². The molecule has 3 heterocycles. The molecule has 1 aliphatic rings. The molecule has 3 aromatic heterocycles. The Morgan fingerprint density at radius 2 is 2.15 bits per heavy atom. The maximum absolute atomic E-state index is 11.0. The molecule has 0 amide bonds. The van der Waals surface area contributed by atoms with Crippen molar-refractivity contribution >= 4 is 11.6 Å². The lowest BCUT2D eigenvalue weighted by Crippen LogP contribution is -1.99. The van der Waals surface area contributed by atoms with E-state index in [-0.39, 0.29) is 5.69 Å². The molecule has 6 heteroatoms. The second kappa shape index (κ2) is 3.93. The smallest absolute Gasteiger partial charge is 0.356 e. The molecule has 4 rings (SSSR count). The summed E-state index contributed by atoms with van der Waals surface area (Å²) in [5, 5.41) is 9.04. The number of rotatable bonds is 3. The summed E-state index contributed by atoms with van der Waals surface area (Å²) in [7, 11) is 0. The predicted octanol–water partition coefficient (Wildman–Crippen LogP) is 2.10. The minimum Gasteiger partial charge on any atom is -0.476 e. The molecule has 3 aromatic rings. The Labute approximate surface area is 114 Å². The summed E-state index contributed by atoms with van der Waals surface area (Å²) in [4.78, 5) is 19.5. The van der Waals surface area contributed by atoms with Crippen molar-refractivity contribution in [2.24, 2.45) is 0 Å². The molecule has 0 atom stereocenters. The van der Waals surface area contributed by atoms with E-state index in [0.29, 0.717) is 11.6 Å². The second-order valence-corrected chi connectivity index (χ2v) is 5.02. The fraction of sp³-hybridized carbons (Fsp3) is 0.214. The van der Waals surface area contributed by atoms with Crippen LogP contribution in [0.1, 0.15) is 34.9 Å². The highest BCUT2D eigenvalue weighted by molar-refractivity contribution is 5.86. The van der Waals surface area contributed by atoms with Gasteiger partial charge in [-0.2, -0.15) is 0 Å². The number of pyridine rings is 1. The predicted molar refractivity (Wildman–Crippen MR) is 71.2 cm³/mol. The summed E-state index contributed by atoms with van der Waals surface area (Å²) < 4.78 is 3.68. The third-order valence-electron chi connectivity index (χ3n) is 3.55. The highest BCUT2D eigenvalue weighted by atomic mass is 16.4. The molecule has 0 radical (unpaired) electrons. The minimum atomic E-state index is -1.02. The summed E-state index contributed by atoms with van der Waals surface area (Å²) in [6.07, 6.45) is 7.71. The normalized spacial score (nSPS) is 14.8. The van der Waals surface area contributed by atoms with Crippen molar-refractivity contribution in [1.82, 2.24) is 18.9 Å². The van der Waals surface area contributed by atoms with E-state index in [4.69, 9.17) is 5.11 Å². The number of aromatic nitrogens is 4. The Balaban J connectivity index is 1.86. The maximum atomic E-state index is 11.0. The first kappa shape index (κ1) is 11.2. The Bertz CT molecular complexity index is 814. The number of carboxylic acid groups (broad SMARTS) is 1. The second-order valence-electron chi connectivity index (χ2n) is 5.02. The van der Waals surface area contributed by atoms with Crippen LogP contribution in [0.5, 0.6) is 0 Å². The van der Waals surface area contributed by atoms with Gasteiger partial charge in [0, 0.05) is 18.3 Å². The summed E-state index contributed by atoms with van der Waals surface area (Å²) in [5.41, 5.74) is 1.75. The Kier molecular flexibility index (Phi) is 2.20. The molecule has 0 spiro atoms. The van der Waals surface area contributed by atoms with Crippen LogP contribution in [0, 0.1) is 0 Å². The van der Waals surface area contributed by atoms with Gasteiger partial charge >= 0.3 is 5.97 Å². The van der Waals surface area contributed by atoms with Crippen LogP contribution in [-0.2, 0) is 0 Å². The maximum Gasteiger partial charge on any atom is 0.356 e. The van der Waals surface area contributed by atoms with Gasteiger partial charge in [0.05, 0.1) is 5.69 Å². The average molecular weight is 268 g/mol. The van der Waals surface area contributed by atoms with Gasteiger partial charge in [-0.05, 0) is 25.0 Å². The van der Waals surface area contributed by atoms with Gasteiger partial charge in [0.1, 0.15) is 17.8 Å². The molecule has 20 heavy (non-hydrogen) atoms. The van der Waals surface area contributed by atoms with Crippen LogP contribution in [0.2, 0.25) is 0 Å². The highest BCUT2D eigenvalue weighted by Crippen LogP contribution is 2.39. The molecule has 6 nitrogen and oxygen atoms in total. The van der Waals surface area contributed by atoms with Crippen molar-refractivity contribution < 1.29 is 9.90 Å². The summed E-state index contributed by atoms with van der Waals surface area (Å²) in [5.74, 6) is 0.402. The van der Waals surface area contributed by atoms with E-state index in [0.717, 1.165) is 11.5 Å².